The van der Waals surface area contributed by atoms with Gasteiger partial charge in [0.2, 0.25) is 0 Å². The molecule has 2 rings (SSSR count). The predicted octanol–water partition coefficient (Wildman–Crippen LogP) is 3.76. The van der Waals surface area contributed by atoms with Gasteiger partial charge in [0.15, 0.2) is 0 Å². The average molecular weight is 252 g/mol. The Labute approximate surface area is 104 Å². The molecule has 0 spiro atoms. The van der Waals surface area contributed by atoms with Crippen molar-refractivity contribution >= 4 is 22.7 Å². The lowest BCUT2D eigenvalue weighted by Crippen LogP contribution is -2.34. The average Bonchev–Trinajstić information content (AvgIpc) is 2.84. The number of nitrogens with zero attached hydrogens (tertiary/aromatic N) is 1. The first kappa shape index (κ1) is 11.8. The van der Waals surface area contributed by atoms with Gasteiger partial charge >= 0.3 is 0 Å². The lowest BCUT2D eigenvalue weighted by Gasteiger charge is -2.19. The van der Waals surface area contributed by atoms with Crippen molar-refractivity contribution in [3.05, 3.63) is 27.9 Å². The Morgan fingerprint density at radius 3 is 2.81 bits per heavy atom. The Balaban J connectivity index is 2.03. The van der Waals surface area contributed by atoms with Gasteiger partial charge < -0.3 is 5.32 Å². The van der Waals surface area contributed by atoms with Crippen LogP contribution in [0.5, 0.6) is 0 Å². The number of thiophene rings is 1. The van der Waals surface area contributed by atoms with Gasteiger partial charge in [0.25, 0.3) is 0 Å². The van der Waals surface area contributed by atoms with E-state index in [1.54, 1.807) is 22.7 Å². The summed E-state index contributed by atoms with van der Waals surface area (Å²) in [5.74, 6) is 0. The van der Waals surface area contributed by atoms with Gasteiger partial charge in [-0.3, -0.25) is 0 Å². The summed E-state index contributed by atoms with van der Waals surface area (Å²) >= 11 is 3.48. The summed E-state index contributed by atoms with van der Waals surface area (Å²) in [6.07, 6.45) is 1.97. The van der Waals surface area contributed by atoms with Crippen molar-refractivity contribution in [2.45, 2.75) is 32.9 Å². The van der Waals surface area contributed by atoms with Crippen LogP contribution in [0.1, 0.15) is 25.6 Å². The van der Waals surface area contributed by atoms with Gasteiger partial charge in [-0.25, -0.2) is 4.98 Å². The standard InChI is InChI=1S/C12H16N2S2/c1-12(2,3)14-7-10-6-13-11(16-10)9-4-5-15-8-9/h4-6,8,14H,7H2,1-3H3. The third kappa shape index (κ3) is 3.14. The van der Waals surface area contributed by atoms with Crippen LogP contribution in [-0.4, -0.2) is 10.5 Å². The number of hydrogen-bond acceptors (Lipinski definition) is 4. The highest BCUT2D eigenvalue weighted by Crippen LogP contribution is 2.26. The van der Waals surface area contributed by atoms with Gasteiger partial charge in [-0.2, -0.15) is 11.3 Å². The first-order valence-corrected chi connectivity index (χ1v) is 7.03. The lowest BCUT2D eigenvalue weighted by atomic mass is 10.1. The van der Waals surface area contributed by atoms with Gasteiger partial charge in [0, 0.05) is 34.1 Å². The van der Waals surface area contributed by atoms with Gasteiger partial charge in [0.1, 0.15) is 5.01 Å². The molecule has 0 saturated carbocycles. The maximum absolute atomic E-state index is 4.44. The van der Waals surface area contributed by atoms with Crippen LogP contribution in [0.3, 0.4) is 0 Å². The first-order chi connectivity index (χ1) is 7.54. The molecule has 4 heteroatoms. The van der Waals surface area contributed by atoms with Crippen LogP contribution >= 0.6 is 22.7 Å². The van der Waals surface area contributed by atoms with E-state index in [2.05, 4.69) is 47.9 Å². The molecule has 16 heavy (non-hydrogen) atoms. The normalized spacial score (nSPS) is 11.9. The molecule has 0 aliphatic rings. The summed E-state index contributed by atoms with van der Waals surface area (Å²) in [5.41, 5.74) is 1.39. The predicted molar refractivity (Wildman–Crippen MR) is 72.0 cm³/mol. The van der Waals surface area contributed by atoms with Gasteiger partial charge in [-0.05, 0) is 32.2 Å². The van der Waals surface area contributed by atoms with Crippen LogP contribution in [0.4, 0.5) is 0 Å². The molecular formula is C12H16N2S2. The van der Waals surface area contributed by atoms with E-state index in [1.807, 2.05) is 6.20 Å². The molecule has 0 aromatic carbocycles. The molecule has 0 fully saturated rings. The molecule has 0 aliphatic carbocycles. The van der Waals surface area contributed by atoms with Crippen molar-refractivity contribution in [2.24, 2.45) is 0 Å². The van der Waals surface area contributed by atoms with Crippen molar-refractivity contribution in [3.63, 3.8) is 0 Å². The molecule has 0 bridgehead atoms. The van der Waals surface area contributed by atoms with E-state index in [9.17, 15) is 0 Å². The quantitative estimate of drug-likeness (QED) is 0.899. The number of aromatic nitrogens is 1. The van der Waals surface area contributed by atoms with Crippen LogP contribution < -0.4 is 5.32 Å². The summed E-state index contributed by atoms with van der Waals surface area (Å²) in [6, 6.07) is 2.12. The SMILES string of the molecule is CC(C)(C)NCc1cnc(-c2ccsc2)s1. The van der Waals surface area contributed by atoms with E-state index in [-0.39, 0.29) is 5.54 Å². The highest BCUT2D eigenvalue weighted by molar-refractivity contribution is 7.15. The van der Waals surface area contributed by atoms with Crippen molar-refractivity contribution in [3.8, 4) is 10.6 Å². The summed E-state index contributed by atoms with van der Waals surface area (Å²) in [7, 11) is 0. The molecule has 2 aromatic rings. The Morgan fingerprint density at radius 2 is 2.19 bits per heavy atom. The molecule has 86 valence electrons. The van der Waals surface area contributed by atoms with Crippen molar-refractivity contribution in [1.82, 2.24) is 10.3 Å². The Hall–Kier alpha value is -0.710. The van der Waals surface area contributed by atoms with Crippen molar-refractivity contribution < 1.29 is 0 Å². The Kier molecular flexibility index (Phi) is 3.42. The van der Waals surface area contributed by atoms with E-state index in [4.69, 9.17) is 0 Å². The zero-order chi connectivity index (χ0) is 11.6. The smallest absolute Gasteiger partial charge is 0.124 e. The van der Waals surface area contributed by atoms with Gasteiger partial charge in [0.05, 0.1) is 0 Å². The molecule has 0 radical (unpaired) electrons. The summed E-state index contributed by atoms with van der Waals surface area (Å²) < 4.78 is 0. The third-order valence-corrected chi connectivity index (χ3v) is 3.84. The van der Waals surface area contributed by atoms with Gasteiger partial charge in [-0.15, -0.1) is 11.3 Å². The van der Waals surface area contributed by atoms with E-state index in [0.717, 1.165) is 11.6 Å². The second-order valence-corrected chi connectivity index (χ2v) is 6.64. The molecule has 2 heterocycles. The van der Waals surface area contributed by atoms with E-state index >= 15 is 0 Å². The lowest BCUT2D eigenvalue weighted by molar-refractivity contribution is 0.426. The van der Waals surface area contributed by atoms with Crippen LogP contribution in [0.2, 0.25) is 0 Å². The molecule has 1 N–H and O–H groups in total. The molecule has 0 amide bonds. The maximum atomic E-state index is 4.44. The Bertz CT molecular complexity index is 438. The number of thiazole rings is 1. The molecule has 0 saturated heterocycles. The summed E-state index contributed by atoms with van der Waals surface area (Å²) in [4.78, 5) is 5.73. The minimum absolute atomic E-state index is 0.159. The van der Waals surface area contributed by atoms with Crippen LogP contribution in [0, 0.1) is 0 Å². The highest BCUT2D eigenvalue weighted by atomic mass is 32.1. The molecule has 0 aliphatic heterocycles. The third-order valence-electron chi connectivity index (χ3n) is 2.11. The number of rotatable bonds is 3. The maximum Gasteiger partial charge on any atom is 0.124 e. The zero-order valence-electron chi connectivity index (χ0n) is 9.78. The van der Waals surface area contributed by atoms with E-state index < -0.39 is 0 Å². The van der Waals surface area contributed by atoms with Gasteiger partial charge in [-0.1, -0.05) is 0 Å². The highest BCUT2D eigenvalue weighted by Gasteiger charge is 2.10. The van der Waals surface area contributed by atoms with E-state index in [0.29, 0.717) is 0 Å². The van der Waals surface area contributed by atoms with Crippen LogP contribution in [0.15, 0.2) is 23.0 Å². The fourth-order valence-corrected chi connectivity index (χ4v) is 2.82. The van der Waals surface area contributed by atoms with Crippen LogP contribution in [-0.2, 0) is 6.54 Å². The fourth-order valence-electron chi connectivity index (χ4n) is 1.26. The van der Waals surface area contributed by atoms with E-state index in [1.165, 1.54) is 10.4 Å². The molecule has 2 aromatic heterocycles. The molecule has 2 nitrogen and oxygen atoms in total. The summed E-state index contributed by atoms with van der Waals surface area (Å²) in [6.45, 7) is 7.42. The monoisotopic (exact) mass is 252 g/mol. The minimum Gasteiger partial charge on any atom is -0.307 e. The second kappa shape index (κ2) is 4.65. The number of nitrogens with one attached hydrogen (secondary N) is 1. The van der Waals surface area contributed by atoms with Crippen LogP contribution in [0.25, 0.3) is 10.6 Å². The molecule has 0 atom stereocenters. The van der Waals surface area contributed by atoms with Crippen molar-refractivity contribution in [1.29, 1.82) is 0 Å². The number of hydrogen-bond donors (Lipinski definition) is 1. The topological polar surface area (TPSA) is 24.9 Å². The molecular weight excluding hydrogens is 236 g/mol. The minimum atomic E-state index is 0.159. The molecule has 0 unspecified atom stereocenters. The fraction of sp³-hybridized carbons (Fsp3) is 0.417. The first-order valence-electron chi connectivity index (χ1n) is 5.27. The Morgan fingerprint density at radius 1 is 1.38 bits per heavy atom. The van der Waals surface area contributed by atoms with Crippen molar-refractivity contribution in [2.75, 3.05) is 0 Å². The second-order valence-electron chi connectivity index (χ2n) is 4.75. The largest absolute Gasteiger partial charge is 0.307 e. The summed E-state index contributed by atoms with van der Waals surface area (Å²) in [5, 5.41) is 8.81. The zero-order valence-corrected chi connectivity index (χ0v) is 11.4.